The molecular formula is C11H14F2N2S. The fourth-order valence-electron chi connectivity index (χ4n) is 1.07. The molecule has 5 heteroatoms. The monoisotopic (exact) mass is 244 g/mol. The first-order valence-corrected chi connectivity index (χ1v) is 5.46. The van der Waals surface area contributed by atoms with Gasteiger partial charge in [0.05, 0.1) is 0 Å². The van der Waals surface area contributed by atoms with Crippen molar-refractivity contribution < 1.29 is 8.78 Å². The van der Waals surface area contributed by atoms with Crippen LogP contribution >= 0.6 is 12.2 Å². The molecule has 16 heavy (non-hydrogen) atoms. The molecule has 1 rings (SSSR count). The van der Waals surface area contributed by atoms with Crippen LogP contribution in [0.5, 0.6) is 0 Å². The van der Waals surface area contributed by atoms with Crippen molar-refractivity contribution in [2.75, 3.05) is 5.32 Å². The summed E-state index contributed by atoms with van der Waals surface area (Å²) in [6.07, 6.45) is 0.930. The van der Waals surface area contributed by atoms with Crippen molar-refractivity contribution in [3.63, 3.8) is 0 Å². The molecule has 0 radical (unpaired) electrons. The van der Waals surface area contributed by atoms with E-state index in [1.807, 2.05) is 13.8 Å². The van der Waals surface area contributed by atoms with Gasteiger partial charge in [-0.2, -0.15) is 0 Å². The van der Waals surface area contributed by atoms with Gasteiger partial charge in [-0.05, 0) is 37.7 Å². The van der Waals surface area contributed by atoms with E-state index in [4.69, 9.17) is 12.2 Å². The van der Waals surface area contributed by atoms with Gasteiger partial charge < -0.3 is 10.6 Å². The van der Waals surface area contributed by atoms with Crippen LogP contribution in [0, 0.1) is 11.6 Å². The Labute approximate surface area is 99.0 Å². The van der Waals surface area contributed by atoms with E-state index in [9.17, 15) is 8.78 Å². The van der Waals surface area contributed by atoms with Crippen LogP contribution in [0.25, 0.3) is 0 Å². The van der Waals surface area contributed by atoms with Gasteiger partial charge in [-0.15, -0.1) is 0 Å². The van der Waals surface area contributed by atoms with Crippen molar-refractivity contribution in [2.24, 2.45) is 0 Å². The largest absolute Gasteiger partial charge is 0.360 e. The Hall–Kier alpha value is -1.23. The van der Waals surface area contributed by atoms with E-state index in [1.165, 1.54) is 6.07 Å². The molecule has 2 N–H and O–H groups in total. The Morgan fingerprint density at radius 2 is 2.06 bits per heavy atom. The minimum Gasteiger partial charge on any atom is -0.360 e. The van der Waals surface area contributed by atoms with E-state index in [-0.39, 0.29) is 6.04 Å². The third-order valence-electron chi connectivity index (χ3n) is 2.17. The van der Waals surface area contributed by atoms with Crippen LogP contribution < -0.4 is 10.6 Å². The highest BCUT2D eigenvalue weighted by molar-refractivity contribution is 7.80. The van der Waals surface area contributed by atoms with Crippen molar-refractivity contribution in [1.29, 1.82) is 0 Å². The number of halogens is 2. The summed E-state index contributed by atoms with van der Waals surface area (Å²) in [5, 5.41) is 6.21. The normalized spacial score (nSPS) is 12.0. The number of anilines is 1. The molecule has 1 aromatic carbocycles. The topological polar surface area (TPSA) is 24.1 Å². The van der Waals surface area contributed by atoms with Crippen LogP contribution in [-0.4, -0.2) is 11.2 Å². The fraction of sp³-hybridized carbons (Fsp3) is 0.364. The van der Waals surface area contributed by atoms with Gasteiger partial charge in [0.1, 0.15) is 0 Å². The van der Waals surface area contributed by atoms with E-state index >= 15 is 0 Å². The molecule has 0 heterocycles. The lowest BCUT2D eigenvalue weighted by Crippen LogP contribution is -2.35. The maximum Gasteiger partial charge on any atom is 0.170 e. The van der Waals surface area contributed by atoms with Crippen molar-refractivity contribution in [3.05, 3.63) is 29.8 Å². The van der Waals surface area contributed by atoms with Crippen molar-refractivity contribution in [1.82, 2.24) is 5.32 Å². The molecule has 1 atom stereocenters. The number of thiocarbonyl (C=S) groups is 1. The SMILES string of the molecule is CC[C@H](C)NC(=S)Nc1ccc(F)c(F)c1. The van der Waals surface area contributed by atoms with Crippen LogP contribution in [0.1, 0.15) is 20.3 Å². The number of benzene rings is 1. The van der Waals surface area contributed by atoms with Gasteiger partial charge >= 0.3 is 0 Å². The molecule has 0 bridgehead atoms. The summed E-state index contributed by atoms with van der Waals surface area (Å²) in [5.41, 5.74) is 0.430. The first kappa shape index (κ1) is 12.8. The second-order valence-corrected chi connectivity index (χ2v) is 3.94. The highest BCUT2D eigenvalue weighted by Crippen LogP contribution is 2.12. The van der Waals surface area contributed by atoms with Gasteiger partial charge in [0.2, 0.25) is 0 Å². The van der Waals surface area contributed by atoms with Crippen molar-refractivity contribution in [3.8, 4) is 0 Å². The first-order valence-electron chi connectivity index (χ1n) is 5.05. The molecule has 2 nitrogen and oxygen atoms in total. The Morgan fingerprint density at radius 1 is 1.38 bits per heavy atom. The highest BCUT2D eigenvalue weighted by atomic mass is 32.1. The molecule has 88 valence electrons. The third kappa shape index (κ3) is 3.73. The van der Waals surface area contributed by atoms with Crippen LogP contribution in [0.3, 0.4) is 0 Å². The minimum absolute atomic E-state index is 0.241. The number of rotatable bonds is 3. The van der Waals surface area contributed by atoms with E-state index in [0.717, 1.165) is 18.6 Å². The predicted octanol–water partition coefficient (Wildman–Crippen LogP) is 3.05. The average Bonchev–Trinajstić information content (AvgIpc) is 2.23. The average molecular weight is 244 g/mol. The summed E-state index contributed by atoms with van der Waals surface area (Å²) in [7, 11) is 0. The van der Waals surface area contributed by atoms with Crippen LogP contribution in [0.15, 0.2) is 18.2 Å². The number of hydrogen-bond acceptors (Lipinski definition) is 1. The van der Waals surface area contributed by atoms with Gasteiger partial charge in [-0.1, -0.05) is 6.92 Å². The highest BCUT2D eigenvalue weighted by Gasteiger charge is 2.05. The maximum absolute atomic E-state index is 12.9. The standard InChI is InChI=1S/C11H14F2N2S/c1-3-7(2)14-11(16)15-8-4-5-9(12)10(13)6-8/h4-7H,3H2,1-2H3,(H2,14,15,16)/t7-/m0/s1. The third-order valence-corrected chi connectivity index (χ3v) is 2.39. The van der Waals surface area contributed by atoms with Crippen molar-refractivity contribution in [2.45, 2.75) is 26.3 Å². The molecule has 0 aliphatic rings. The lowest BCUT2D eigenvalue weighted by Gasteiger charge is -2.15. The second-order valence-electron chi connectivity index (χ2n) is 3.54. The summed E-state index contributed by atoms with van der Waals surface area (Å²) in [6, 6.07) is 3.80. The zero-order chi connectivity index (χ0) is 12.1. The zero-order valence-corrected chi connectivity index (χ0v) is 10.00. The Bertz CT molecular complexity index is 382. The molecule has 1 aromatic rings. The van der Waals surface area contributed by atoms with E-state index in [1.54, 1.807) is 0 Å². The van der Waals surface area contributed by atoms with Gasteiger partial charge in [0.15, 0.2) is 16.7 Å². The van der Waals surface area contributed by atoms with Crippen LogP contribution in [-0.2, 0) is 0 Å². The van der Waals surface area contributed by atoms with Gasteiger partial charge in [0, 0.05) is 17.8 Å². The predicted molar refractivity (Wildman–Crippen MR) is 65.5 cm³/mol. The quantitative estimate of drug-likeness (QED) is 0.799. The molecule has 0 aliphatic heterocycles. The molecule has 0 aliphatic carbocycles. The molecule has 0 aromatic heterocycles. The summed E-state index contributed by atoms with van der Waals surface area (Å²) in [6.45, 7) is 4.01. The smallest absolute Gasteiger partial charge is 0.170 e. The number of hydrogen-bond donors (Lipinski definition) is 2. The van der Waals surface area contributed by atoms with E-state index < -0.39 is 11.6 Å². The Balaban J connectivity index is 2.59. The lowest BCUT2D eigenvalue weighted by molar-refractivity contribution is 0.509. The molecule has 0 saturated carbocycles. The fourth-order valence-corrected chi connectivity index (χ4v) is 1.39. The Morgan fingerprint density at radius 3 is 2.62 bits per heavy atom. The molecular weight excluding hydrogens is 230 g/mol. The van der Waals surface area contributed by atoms with Crippen molar-refractivity contribution >= 4 is 23.0 Å². The molecule has 0 amide bonds. The molecule has 0 saturated heterocycles. The summed E-state index contributed by atoms with van der Waals surface area (Å²) < 4.78 is 25.5. The molecule has 0 spiro atoms. The van der Waals surface area contributed by atoms with Crippen LogP contribution in [0.4, 0.5) is 14.5 Å². The summed E-state index contributed by atoms with van der Waals surface area (Å²) in [4.78, 5) is 0. The van der Waals surface area contributed by atoms with Gasteiger partial charge in [0.25, 0.3) is 0 Å². The number of nitrogens with one attached hydrogen (secondary N) is 2. The van der Waals surface area contributed by atoms with E-state index in [2.05, 4.69) is 10.6 Å². The molecule has 0 fully saturated rings. The minimum atomic E-state index is -0.892. The lowest BCUT2D eigenvalue weighted by atomic mass is 10.3. The summed E-state index contributed by atoms with van der Waals surface area (Å²) in [5.74, 6) is -1.76. The zero-order valence-electron chi connectivity index (χ0n) is 9.18. The maximum atomic E-state index is 12.9. The first-order chi connectivity index (χ1) is 7.52. The molecule has 0 unspecified atom stereocenters. The van der Waals surface area contributed by atoms with Gasteiger partial charge in [-0.3, -0.25) is 0 Å². The Kier molecular flexibility index (Phi) is 4.61. The second kappa shape index (κ2) is 5.75. The summed E-state index contributed by atoms with van der Waals surface area (Å²) >= 11 is 5.02. The van der Waals surface area contributed by atoms with Crippen LogP contribution in [0.2, 0.25) is 0 Å². The van der Waals surface area contributed by atoms with E-state index in [0.29, 0.717) is 10.8 Å². The van der Waals surface area contributed by atoms with Gasteiger partial charge in [-0.25, -0.2) is 8.78 Å².